The van der Waals surface area contributed by atoms with Crippen LogP contribution >= 0.6 is 0 Å². The number of fused-ring (bicyclic) bond motifs is 1. The van der Waals surface area contributed by atoms with Gasteiger partial charge in [-0.1, -0.05) is 0 Å². The molecule has 1 N–H and O–H groups in total. The van der Waals surface area contributed by atoms with Gasteiger partial charge < -0.3 is 10.2 Å². The molecule has 0 spiro atoms. The number of carbonyl (C=O) groups excluding carboxylic acids is 2. The van der Waals surface area contributed by atoms with Gasteiger partial charge in [-0.05, 0) is 25.0 Å². The van der Waals surface area contributed by atoms with E-state index in [2.05, 4.69) is 20.3 Å². The molecule has 1 atom stereocenters. The highest BCUT2D eigenvalue weighted by molar-refractivity contribution is 5.94. The molecule has 2 aliphatic rings. The first kappa shape index (κ1) is 13.1. The van der Waals surface area contributed by atoms with Gasteiger partial charge in [-0.2, -0.15) is 0 Å². The molecule has 4 rings (SSSR count). The van der Waals surface area contributed by atoms with Crippen LogP contribution in [0.15, 0.2) is 24.5 Å². The molecule has 2 aromatic rings. The number of rotatable bonds is 3. The van der Waals surface area contributed by atoms with Crippen molar-refractivity contribution in [2.24, 2.45) is 0 Å². The molecule has 0 aromatic carbocycles. The number of nitrogens with zero attached hydrogens (tertiary/aromatic N) is 4. The zero-order chi connectivity index (χ0) is 15.1. The van der Waals surface area contributed by atoms with Crippen molar-refractivity contribution in [1.29, 1.82) is 0 Å². The van der Waals surface area contributed by atoms with Crippen LogP contribution in [0.3, 0.4) is 0 Å². The molecule has 2 aromatic heterocycles. The van der Waals surface area contributed by atoms with Gasteiger partial charge in [0, 0.05) is 31.4 Å². The summed E-state index contributed by atoms with van der Waals surface area (Å²) in [6, 6.07) is 3.60. The zero-order valence-electron chi connectivity index (χ0n) is 11.9. The number of hydrogen-bond acceptors (Lipinski definition) is 5. The Bertz CT molecular complexity index is 758. The molecule has 1 aliphatic heterocycles. The number of likely N-dealkylation sites (tertiary alicyclic amines) is 1. The van der Waals surface area contributed by atoms with Crippen LogP contribution in [0.4, 0.5) is 0 Å². The third-order valence-corrected chi connectivity index (χ3v) is 4.05. The lowest BCUT2D eigenvalue weighted by atomic mass is 10.2. The standard InChI is InChI=1S/C15H15N5O2/c21-13-7-9(8-20(13)10-1-2-10)18-15(22)12-4-3-11-14(19-12)17-6-5-16-11/h3-6,9-10H,1-2,7-8H2,(H,18,22). The highest BCUT2D eigenvalue weighted by atomic mass is 16.2. The Labute approximate surface area is 126 Å². The first-order valence-corrected chi connectivity index (χ1v) is 7.39. The van der Waals surface area contributed by atoms with Gasteiger partial charge in [-0.25, -0.2) is 9.97 Å². The average molecular weight is 297 g/mol. The van der Waals surface area contributed by atoms with Crippen molar-refractivity contribution < 1.29 is 9.59 Å². The largest absolute Gasteiger partial charge is 0.346 e. The second-order valence-corrected chi connectivity index (χ2v) is 5.75. The third kappa shape index (κ3) is 2.38. The van der Waals surface area contributed by atoms with Crippen LogP contribution in [-0.2, 0) is 4.79 Å². The minimum Gasteiger partial charge on any atom is -0.346 e. The van der Waals surface area contributed by atoms with Gasteiger partial charge in [0.05, 0.1) is 6.04 Å². The summed E-state index contributed by atoms with van der Waals surface area (Å²) < 4.78 is 0. The van der Waals surface area contributed by atoms with E-state index in [1.807, 2.05) is 4.90 Å². The molecule has 1 saturated heterocycles. The molecule has 3 heterocycles. The quantitative estimate of drug-likeness (QED) is 0.892. The van der Waals surface area contributed by atoms with E-state index in [0.29, 0.717) is 35.9 Å². The van der Waals surface area contributed by atoms with E-state index in [9.17, 15) is 9.59 Å². The van der Waals surface area contributed by atoms with Crippen LogP contribution in [0.5, 0.6) is 0 Å². The Morgan fingerprint density at radius 3 is 2.86 bits per heavy atom. The lowest BCUT2D eigenvalue weighted by Crippen LogP contribution is -2.38. The van der Waals surface area contributed by atoms with Crippen LogP contribution in [0.1, 0.15) is 29.8 Å². The molecular formula is C15H15N5O2. The van der Waals surface area contributed by atoms with Crippen molar-refractivity contribution in [2.75, 3.05) is 6.54 Å². The van der Waals surface area contributed by atoms with E-state index in [1.165, 1.54) is 0 Å². The molecule has 0 radical (unpaired) electrons. The zero-order valence-corrected chi connectivity index (χ0v) is 11.9. The van der Waals surface area contributed by atoms with Gasteiger partial charge in [0.2, 0.25) is 5.91 Å². The van der Waals surface area contributed by atoms with Crippen molar-refractivity contribution in [3.63, 3.8) is 0 Å². The summed E-state index contributed by atoms with van der Waals surface area (Å²) >= 11 is 0. The van der Waals surface area contributed by atoms with Crippen LogP contribution in [0, 0.1) is 0 Å². The topological polar surface area (TPSA) is 88.1 Å². The van der Waals surface area contributed by atoms with Crippen molar-refractivity contribution >= 4 is 23.0 Å². The molecule has 2 fully saturated rings. The fourth-order valence-corrected chi connectivity index (χ4v) is 2.81. The summed E-state index contributed by atoms with van der Waals surface area (Å²) in [5, 5.41) is 2.89. The van der Waals surface area contributed by atoms with Gasteiger partial charge in [-0.15, -0.1) is 0 Å². The molecule has 1 saturated carbocycles. The Morgan fingerprint density at radius 2 is 2.05 bits per heavy atom. The van der Waals surface area contributed by atoms with Gasteiger partial charge >= 0.3 is 0 Å². The summed E-state index contributed by atoms with van der Waals surface area (Å²) in [7, 11) is 0. The second-order valence-electron chi connectivity index (χ2n) is 5.75. The number of pyridine rings is 1. The molecule has 2 amide bonds. The molecule has 1 unspecified atom stereocenters. The summed E-state index contributed by atoms with van der Waals surface area (Å²) in [5.74, 6) is -0.145. The predicted octanol–water partition coefficient (Wildman–Crippen LogP) is 0.518. The Kier molecular flexibility index (Phi) is 2.99. The normalized spacial score (nSPS) is 21.4. The number of nitrogens with one attached hydrogen (secondary N) is 1. The molecule has 1 aliphatic carbocycles. The Hall–Kier alpha value is -2.57. The van der Waals surface area contributed by atoms with Crippen LogP contribution in [0.2, 0.25) is 0 Å². The minimum absolute atomic E-state index is 0.130. The fraction of sp³-hybridized carbons (Fsp3) is 0.400. The molecule has 7 heteroatoms. The van der Waals surface area contributed by atoms with Gasteiger partial charge in [-0.3, -0.25) is 14.6 Å². The maximum atomic E-state index is 12.3. The minimum atomic E-state index is -0.275. The second kappa shape index (κ2) is 5.01. The Morgan fingerprint density at radius 1 is 1.23 bits per heavy atom. The molecular weight excluding hydrogens is 282 g/mol. The first-order valence-electron chi connectivity index (χ1n) is 7.39. The predicted molar refractivity (Wildman–Crippen MR) is 77.9 cm³/mol. The summed E-state index contributed by atoms with van der Waals surface area (Å²) in [5.41, 5.74) is 1.39. The van der Waals surface area contributed by atoms with E-state index in [4.69, 9.17) is 0 Å². The van der Waals surface area contributed by atoms with Crippen molar-refractivity contribution in [1.82, 2.24) is 25.2 Å². The number of amides is 2. The van der Waals surface area contributed by atoms with Gasteiger partial charge in [0.15, 0.2) is 5.65 Å². The highest BCUT2D eigenvalue weighted by Crippen LogP contribution is 2.30. The monoisotopic (exact) mass is 297 g/mol. The van der Waals surface area contributed by atoms with Crippen molar-refractivity contribution in [3.8, 4) is 0 Å². The average Bonchev–Trinajstić information content (AvgIpc) is 3.31. The van der Waals surface area contributed by atoms with Gasteiger partial charge in [0.25, 0.3) is 5.91 Å². The maximum absolute atomic E-state index is 12.3. The SMILES string of the molecule is O=C(NC1CC(=O)N(C2CC2)C1)c1ccc2nccnc2n1. The van der Waals surface area contributed by atoms with Crippen LogP contribution in [0.25, 0.3) is 11.2 Å². The fourth-order valence-electron chi connectivity index (χ4n) is 2.81. The number of aromatic nitrogens is 3. The van der Waals surface area contributed by atoms with Crippen molar-refractivity contribution in [2.45, 2.75) is 31.3 Å². The van der Waals surface area contributed by atoms with E-state index >= 15 is 0 Å². The maximum Gasteiger partial charge on any atom is 0.270 e. The molecule has 7 nitrogen and oxygen atoms in total. The molecule has 0 bridgehead atoms. The van der Waals surface area contributed by atoms with E-state index in [0.717, 1.165) is 12.8 Å². The van der Waals surface area contributed by atoms with E-state index in [1.54, 1.807) is 24.5 Å². The highest BCUT2D eigenvalue weighted by Gasteiger charge is 2.39. The summed E-state index contributed by atoms with van der Waals surface area (Å²) in [6.45, 7) is 0.600. The van der Waals surface area contributed by atoms with E-state index in [-0.39, 0.29) is 17.9 Å². The lowest BCUT2D eigenvalue weighted by Gasteiger charge is -2.16. The van der Waals surface area contributed by atoms with Gasteiger partial charge in [0.1, 0.15) is 11.2 Å². The van der Waals surface area contributed by atoms with Crippen LogP contribution in [-0.4, -0.2) is 50.3 Å². The smallest absolute Gasteiger partial charge is 0.270 e. The summed E-state index contributed by atoms with van der Waals surface area (Å²) in [4.78, 5) is 38.5. The van der Waals surface area contributed by atoms with Crippen molar-refractivity contribution in [3.05, 3.63) is 30.2 Å². The molecule has 22 heavy (non-hydrogen) atoms. The number of carbonyl (C=O) groups is 2. The summed E-state index contributed by atoms with van der Waals surface area (Å²) in [6.07, 6.45) is 5.66. The third-order valence-electron chi connectivity index (χ3n) is 4.05. The lowest BCUT2D eigenvalue weighted by molar-refractivity contribution is -0.128. The molecule has 112 valence electrons. The number of hydrogen-bond donors (Lipinski definition) is 1. The van der Waals surface area contributed by atoms with E-state index < -0.39 is 0 Å². The van der Waals surface area contributed by atoms with Crippen LogP contribution < -0.4 is 5.32 Å². The first-order chi connectivity index (χ1) is 10.7. The Balaban J connectivity index is 1.48.